The van der Waals surface area contributed by atoms with Gasteiger partial charge in [-0.2, -0.15) is 0 Å². The molecule has 0 radical (unpaired) electrons. The van der Waals surface area contributed by atoms with Gasteiger partial charge < -0.3 is 14.2 Å². The molecule has 3 aromatic carbocycles. The van der Waals surface area contributed by atoms with Crippen LogP contribution in [-0.4, -0.2) is 25.7 Å². The van der Waals surface area contributed by atoms with E-state index in [1.807, 2.05) is 36.4 Å². The van der Waals surface area contributed by atoms with Gasteiger partial charge in [0.05, 0.1) is 14.2 Å². The summed E-state index contributed by atoms with van der Waals surface area (Å²) in [6, 6.07) is 24.9. The zero-order chi connectivity index (χ0) is 21.3. The molecule has 0 heterocycles. The lowest BCUT2D eigenvalue weighted by Gasteiger charge is -2.28. The Labute approximate surface area is 180 Å². The average molecular weight is 406 g/mol. The molecule has 30 heavy (non-hydrogen) atoms. The molecule has 158 valence electrons. The van der Waals surface area contributed by atoms with Crippen molar-refractivity contribution in [1.29, 1.82) is 0 Å². The quantitative estimate of drug-likeness (QED) is 0.422. The zero-order valence-electron chi connectivity index (χ0n) is 18.3. The summed E-state index contributed by atoms with van der Waals surface area (Å²) in [6.45, 7) is 6.69. The maximum Gasteiger partial charge on any atom is 0.161 e. The zero-order valence-corrected chi connectivity index (χ0v) is 18.3. The summed E-state index contributed by atoms with van der Waals surface area (Å²) >= 11 is 0. The second-order valence-corrected chi connectivity index (χ2v) is 7.28. The van der Waals surface area contributed by atoms with Crippen LogP contribution in [0.15, 0.2) is 72.8 Å². The van der Waals surface area contributed by atoms with Gasteiger partial charge in [0.2, 0.25) is 0 Å². The van der Waals surface area contributed by atoms with Gasteiger partial charge in [-0.25, -0.2) is 0 Å². The summed E-state index contributed by atoms with van der Waals surface area (Å²) < 4.78 is 17.0. The van der Waals surface area contributed by atoms with E-state index in [0.29, 0.717) is 6.61 Å². The Hall–Kier alpha value is -2.98. The molecular formula is C26H31NO3. The van der Waals surface area contributed by atoms with E-state index in [1.165, 1.54) is 11.1 Å². The fourth-order valence-corrected chi connectivity index (χ4v) is 3.54. The van der Waals surface area contributed by atoms with E-state index in [9.17, 15) is 0 Å². The molecule has 0 spiro atoms. The van der Waals surface area contributed by atoms with E-state index in [4.69, 9.17) is 14.2 Å². The van der Waals surface area contributed by atoms with Gasteiger partial charge in [-0.1, -0.05) is 55.5 Å². The Bertz CT molecular complexity index is 927. The molecule has 0 bridgehead atoms. The highest BCUT2D eigenvalue weighted by atomic mass is 16.5. The molecule has 0 saturated carbocycles. The lowest BCUT2D eigenvalue weighted by Crippen LogP contribution is -2.26. The van der Waals surface area contributed by atoms with Crippen molar-refractivity contribution in [3.63, 3.8) is 0 Å². The van der Waals surface area contributed by atoms with E-state index in [-0.39, 0.29) is 6.04 Å². The van der Waals surface area contributed by atoms with Gasteiger partial charge in [0, 0.05) is 12.6 Å². The van der Waals surface area contributed by atoms with Crippen molar-refractivity contribution in [2.75, 3.05) is 20.8 Å². The van der Waals surface area contributed by atoms with Crippen LogP contribution in [0.25, 0.3) is 0 Å². The molecule has 0 amide bonds. The van der Waals surface area contributed by atoms with Crippen LogP contribution in [-0.2, 0) is 13.2 Å². The highest BCUT2D eigenvalue weighted by molar-refractivity contribution is 5.43. The molecule has 0 aliphatic rings. The van der Waals surface area contributed by atoms with Gasteiger partial charge in [0.25, 0.3) is 0 Å². The summed E-state index contributed by atoms with van der Waals surface area (Å²) in [7, 11) is 3.38. The Morgan fingerprint density at radius 2 is 1.60 bits per heavy atom. The Morgan fingerprint density at radius 1 is 0.800 bits per heavy atom. The monoisotopic (exact) mass is 405 g/mol. The Balaban J connectivity index is 1.75. The van der Waals surface area contributed by atoms with E-state index >= 15 is 0 Å². The maximum atomic E-state index is 6.09. The number of nitrogens with zero attached hydrogens (tertiary/aromatic N) is 1. The molecule has 0 N–H and O–H groups in total. The number of rotatable bonds is 10. The van der Waals surface area contributed by atoms with Crippen LogP contribution in [0, 0.1) is 0 Å². The first-order chi connectivity index (χ1) is 14.6. The number of benzene rings is 3. The molecule has 0 fully saturated rings. The number of methoxy groups -OCH3 is 2. The third-order valence-corrected chi connectivity index (χ3v) is 5.38. The summed E-state index contributed by atoms with van der Waals surface area (Å²) in [5.41, 5.74) is 3.56. The van der Waals surface area contributed by atoms with Crippen molar-refractivity contribution < 1.29 is 14.2 Å². The summed E-state index contributed by atoms with van der Waals surface area (Å²) in [5.74, 6) is 2.40. The maximum absolute atomic E-state index is 6.09. The van der Waals surface area contributed by atoms with E-state index < -0.39 is 0 Å². The summed E-state index contributed by atoms with van der Waals surface area (Å²) in [5, 5.41) is 0. The molecule has 0 aliphatic carbocycles. The highest BCUT2D eigenvalue weighted by Crippen LogP contribution is 2.31. The normalized spacial score (nSPS) is 11.9. The van der Waals surface area contributed by atoms with Gasteiger partial charge >= 0.3 is 0 Å². The first-order valence-electron chi connectivity index (χ1n) is 10.4. The number of ether oxygens (including phenoxy) is 3. The minimum absolute atomic E-state index is 0.265. The molecule has 1 atom stereocenters. The number of hydrogen-bond donors (Lipinski definition) is 0. The SMILES string of the molecule is CCN(Cc1ccc(OC)c(OCc2ccccc2)c1)C(C)c1cccc(OC)c1. The van der Waals surface area contributed by atoms with Crippen LogP contribution in [0.3, 0.4) is 0 Å². The van der Waals surface area contributed by atoms with Crippen LogP contribution in [0.5, 0.6) is 17.2 Å². The smallest absolute Gasteiger partial charge is 0.161 e. The molecule has 0 aromatic heterocycles. The van der Waals surface area contributed by atoms with Gasteiger partial charge in [0.15, 0.2) is 11.5 Å². The van der Waals surface area contributed by atoms with Crippen molar-refractivity contribution in [2.45, 2.75) is 33.0 Å². The van der Waals surface area contributed by atoms with E-state index in [0.717, 1.165) is 35.9 Å². The molecule has 3 aromatic rings. The Kier molecular flexibility index (Phi) is 7.75. The lowest BCUT2D eigenvalue weighted by molar-refractivity contribution is 0.212. The van der Waals surface area contributed by atoms with Gasteiger partial charge in [-0.15, -0.1) is 0 Å². The molecule has 0 saturated heterocycles. The van der Waals surface area contributed by atoms with E-state index in [1.54, 1.807) is 14.2 Å². The standard InChI is InChI=1S/C26H31NO3/c1-5-27(20(2)23-12-9-13-24(17-23)28-3)18-22-14-15-25(29-4)26(16-22)30-19-21-10-7-6-8-11-21/h6-17,20H,5,18-19H2,1-4H3. The third kappa shape index (κ3) is 5.55. The molecule has 1 unspecified atom stereocenters. The summed E-state index contributed by atoms with van der Waals surface area (Å²) in [6.07, 6.45) is 0. The topological polar surface area (TPSA) is 30.9 Å². The molecule has 0 aliphatic heterocycles. The predicted octanol–water partition coefficient (Wildman–Crippen LogP) is 5.87. The van der Waals surface area contributed by atoms with Gasteiger partial charge in [-0.05, 0) is 54.4 Å². The highest BCUT2D eigenvalue weighted by Gasteiger charge is 2.16. The molecule has 3 rings (SSSR count). The largest absolute Gasteiger partial charge is 0.497 e. The Morgan fingerprint density at radius 3 is 2.30 bits per heavy atom. The van der Waals surface area contributed by atoms with Crippen LogP contribution in [0.4, 0.5) is 0 Å². The lowest BCUT2D eigenvalue weighted by atomic mass is 10.1. The fraction of sp³-hybridized carbons (Fsp3) is 0.308. The molecular weight excluding hydrogens is 374 g/mol. The number of hydrogen-bond acceptors (Lipinski definition) is 4. The molecule has 4 heteroatoms. The van der Waals surface area contributed by atoms with Crippen molar-refractivity contribution in [3.05, 3.63) is 89.5 Å². The predicted molar refractivity (Wildman–Crippen MR) is 121 cm³/mol. The van der Waals surface area contributed by atoms with Crippen molar-refractivity contribution in [2.24, 2.45) is 0 Å². The van der Waals surface area contributed by atoms with Crippen LogP contribution in [0.1, 0.15) is 36.6 Å². The van der Waals surface area contributed by atoms with Crippen LogP contribution in [0.2, 0.25) is 0 Å². The average Bonchev–Trinajstić information content (AvgIpc) is 2.81. The van der Waals surface area contributed by atoms with Crippen LogP contribution >= 0.6 is 0 Å². The van der Waals surface area contributed by atoms with Gasteiger partial charge in [0.1, 0.15) is 12.4 Å². The van der Waals surface area contributed by atoms with E-state index in [2.05, 4.69) is 55.1 Å². The second kappa shape index (κ2) is 10.7. The first kappa shape index (κ1) is 21.7. The van der Waals surface area contributed by atoms with Crippen molar-refractivity contribution in [1.82, 2.24) is 4.90 Å². The first-order valence-corrected chi connectivity index (χ1v) is 10.4. The minimum Gasteiger partial charge on any atom is -0.497 e. The fourth-order valence-electron chi connectivity index (χ4n) is 3.54. The third-order valence-electron chi connectivity index (χ3n) is 5.38. The second-order valence-electron chi connectivity index (χ2n) is 7.28. The van der Waals surface area contributed by atoms with Crippen molar-refractivity contribution >= 4 is 0 Å². The van der Waals surface area contributed by atoms with Crippen LogP contribution < -0.4 is 14.2 Å². The summed E-state index contributed by atoms with van der Waals surface area (Å²) in [4.78, 5) is 2.43. The molecule has 4 nitrogen and oxygen atoms in total. The van der Waals surface area contributed by atoms with Crippen molar-refractivity contribution in [3.8, 4) is 17.2 Å². The van der Waals surface area contributed by atoms with Gasteiger partial charge in [-0.3, -0.25) is 4.90 Å². The minimum atomic E-state index is 0.265.